The van der Waals surface area contributed by atoms with Gasteiger partial charge in [-0.3, -0.25) is 4.72 Å². The van der Waals surface area contributed by atoms with Crippen LogP contribution in [0.4, 0.5) is 5.82 Å². The normalized spacial score (nSPS) is 11.5. The Morgan fingerprint density at radius 1 is 0.943 bits per heavy atom. The van der Waals surface area contributed by atoms with Gasteiger partial charge in [0.1, 0.15) is 6.61 Å². The number of hydrogen-bond acceptors (Lipinski definition) is 8. The Labute approximate surface area is 203 Å². The molecule has 0 fully saturated rings. The van der Waals surface area contributed by atoms with E-state index in [1.54, 1.807) is 18.2 Å². The lowest BCUT2D eigenvalue weighted by Crippen LogP contribution is -2.14. The highest BCUT2D eigenvalue weighted by molar-refractivity contribution is 7.95. The van der Waals surface area contributed by atoms with Crippen molar-refractivity contribution in [2.75, 3.05) is 17.9 Å². The van der Waals surface area contributed by atoms with E-state index in [1.807, 2.05) is 49.4 Å². The number of nitrogens with zero attached hydrogens (tertiary/aromatic N) is 4. The number of aliphatic hydroxyl groups is 1. The average molecular weight is 490 g/mol. The number of ether oxygens (including phenoxy) is 1. The molecule has 0 radical (unpaired) electrons. The van der Waals surface area contributed by atoms with E-state index in [9.17, 15) is 13.5 Å². The molecule has 0 aliphatic carbocycles. The minimum atomic E-state index is -3.97. The lowest BCUT2D eigenvalue weighted by Gasteiger charge is -2.16. The fourth-order valence-electron chi connectivity index (χ4n) is 3.16. The van der Waals surface area contributed by atoms with Crippen molar-refractivity contribution in [3.8, 4) is 28.7 Å². The highest BCUT2D eigenvalue weighted by atomic mass is 32.2. The molecule has 0 aliphatic rings. The summed E-state index contributed by atoms with van der Waals surface area (Å²) in [5.74, 6) is 0.346. The number of sulfonamides is 1. The summed E-state index contributed by atoms with van der Waals surface area (Å²) in [6.45, 7) is 1.64. The van der Waals surface area contributed by atoms with Gasteiger partial charge in [-0.1, -0.05) is 60.2 Å². The summed E-state index contributed by atoms with van der Waals surface area (Å²) >= 11 is 0. The second kappa shape index (κ2) is 10.9. The van der Waals surface area contributed by atoms with Crippen LogP contribution in [0.3, 0.4) is 0 Å². The third-order valence-corrected chi connectivity index (χ3v) is 5.76. The molecule has 10 heteroatoms. The lowest BCUT2D eigenvalue weighted by molar-refractivity contribution is 0.197. The van der Waals surface area contributed by atoms with Gasteiger partial charge >= 0.3 is 0 Å². The fourth-order valence-corrected chi connectivity index (χ4v) is 3.98. The summed E-state index contributed by atoms with van der Waals surface area (Å²) in [6.07, 6.45) is 4.54. The van der Waals surface area contributed by atoms with Gasteiger partial charge in [-0.2, -0.15) is 4.98 Å². The van der Waals surface area contributed by atoms with Crippen LogP contribution in [0.15, 0.2) is 78.5 Å². The van der Waals surface area contributed by atoms with Gasteiger partial charge in [0.15, 0.2) is 11.6 Å². The van der Waals surface area contributed by atoms with Gasteiger partial charge in [-0.15, -0.1) is 0 Å². The van der Waals surface area contributed by atoms with E-state index in [4.69, 9.17) is 4.74 Å². The maximum Gasteiger partial charge on any atom is 0.256 e. The molecule has 0 saturated carbocycles. The first-order chi connectivity index (χ1) is 16.9. The summed E-state index contributed by atoms with van der Waals surface area (Å²) in [4.78, 5) is 17.2. The van der Waals surface area contributed by atoms with Crippen LogP contribution in [-0.2, 0) is 10.0 Å². The molecule has 0 aliphatic heterocycles. The molecule has 0 atom stereocenters. The predicted molar refractivity (Wildman–Crippen MR) is 134 cm³/mol. The van der Waals surface area contributed by atoms with Crippen molar-refractivity contribution < 1.29 is 18.3 Å². The minimum Gasteiger partial charge on any atom is -0.475 e. The van der Waals surface area contributed by atoms with E-state index in [1.165, 1.54) is 18.5 Å². The van der Waals surface area contributed by atoms with Gasteiger partial charge in [0.2, 0.25) is 11.7 Å². The van der Waals surface area contributed by atoms with Crippen LogP contribution in [0.1, 0.15) is 11.1 Å². The Hall–Kier alpha value is -4.15. The standard InChI is InChI=1S/C25H23N5O4S/c1-18-8-10-20(11-9-18)21-22(30-35(32,33)17-12-19-6-3-2-4-7-19)28-24(23-26-13-5-14-27-23)29-25(21)34-16-15-31/h2-14,17,31H,15-16H2,1H3,(H,28,29,30)/b17-12+. The molecular weight excluding hydrogens is 466 g/mol. The largest absolute Gasteiger partial charge is 0.475 e. The van der Waals surface area contributed by atoms with E-state index >= 15 is 0 Å². The van der Waals surface area contributed by atoms with E-state index in [2.05, 4.69) is 24.7 Å². The summed E-state index contributed by atoms with van der Waals surface area (Å²) in [5.41, 5.74) is 2.71. The quantitative estimate of drug-likeness (QED) is 0.364. The summed E-state index contributed by atoms with van der Waals surface area (Å²) in [7, 11) is -3.97. The maximum absolute atomic E-state index is 13.0. The number of nitrogens with one attached hydrogen (secondary N) is 1. The predicted octanol–water partition coefficient (Wildman–Crippen LogP) is 3.69. The van der Waals surface area contributed by atoms with Crippen molar-refractivity contribution in [3.63, 3.8) is 0 Å². The Kier molecular flexibility index (Phi) is 7.44. The third kappa shape index (κ3) is 6.25. The second-order valence-corrected chi connectivity index (χ2v) is 9.01. The molecule has 2 aromatic heterocycles. The molecule has 9 nitrogen and oxygen atoms in total. The number of aromatic nitrogens is 4. The molecule has 2 N–H and O–H groups in total. The SMILES string of the molecule is Cc1ccc(-c2c(NS(=O)(=O)/C=C/c3ccccc3)nc(-c3ncccn3)nc2OCCO)cc1. The Bertz CT molecular complexity index is 1410. The van der Waals surface area contributed by atoms with E-state index in [-0.39, 0.29) is 36.6 Å². The van der Waals surface area contributed by atoms with Crippen molar-refractivity contribution in [1.82, 2.24) is 19.9 Å². The first kappa shape index (κ1) is 24.0. The lowest BCUT2D eigenvalue weighted by atomic mass is 10.1. The zero-order chi connectivity index (χ0) is 24.7. The highest BCUT2D eigenvalue weighted by Crippen LogP contribution is 2.36. The highest BCUT2D eigenvalue weighted by Gasteiger charge is 2.22. The van der Waals surface area contributed by atoms with E-state index in [0.717, 1.165) is 16.5 Å². The molecule has 0 amide bonds. The monoisotopic (exact) mass is 489 g/mol. The average Bonchev–Trinajstić information content (AvgIpc) is 2.88. The van der Waals surface area contributed by atoms with Gasteiger partial charge in [-0.25, -0.2) is 23.4 Å². The van der Waals surface area contributed by atoms with Crippen LogP contribution < -0.4 is 9.46 Å². The molecule has 178 valence electrons. The Morgan fingerprint density at radius 2 is 1.66 bits per heavy atom. The van der Waals surface area contributed by atoms with Crippen molar-refractivity contribution in [1.29, 1.82) is 0 Å². The van der Waals surface area contributed by atoms with Crippen molar-refractivity contribution in [2.24, 2.45) is 0 Å². The first-order valence-corrected chi connectivity index (χ1v) is 12.3. The third-order valence-electron chi connectivity index (χ3n) is 4.79. The van der Waals surface area contributed by atoms with Crippen LogP contribution in [0.5, 0.6) is 5.88 Å². The minimum absolute atomic E-state index is 0.00282. The van der Waals surface area contributed by atoms with Crippen molar-refractivity contribution >= 4 is 21.9 Å². The van der Waals surface area contributed by atoms with Crippen LogP contribution >= 0.6 is 0 Å². The van der Waals surface area contributed by atoms with Crippen molar-refractivity contribution in [3.05, 3.63) is 89.6 Å². The summed E-state index contributed by atoms with van der Waals surface area (Å²) < 4.78 is 34.3. The molecule has 2 heterocycles. The number of benzene rings is 2. The van der Waals surface area contributed by atoms with E-state index in [0.29, 0.717) is 11.1 Å². The number of anilines is 1. The summed E-state index contributed by atoms with van der Waals surface area (Å²) in [5, 5.41) is 10.4. The van der Waals surface area contributed by atoms with E-state index < -0.39 is 10.0 Å². The zero-order valence-electron chi connectivity index (χ0n) is 18.9. The molecule has 0 bridgehead atoms. The number of hydrogen-bond donors (Lipinski definition) is 2. The first-order valence-electron chi connectivity index (χ1n) is 10.7. The topological polar surface area (TPSA) is 127 Å². The number of aliphatic hydroxyl groups excluding tert-OH is 1. The molecule has 4 rings (SSSR count). The molecule has 0 saturated heterocycles. The van der Waals surface area contributed by atoms with Gasteiger partial charge in [0.25, 0.3) is 10.0 Å². The Morgan fingerprint density at radius 3 is 2.34 bits per heavy atom. The van der Waals surface area contributed by atoms with Crippen LogP contribution in [0, 0.1) is 6.92 Å². The van der Waals surface area contributed by atoms with Crippen LogP contribution in [0.25, 0.3) is 28.9 Å². The molecule has 4 aromatic rings. The molecule has 0 unspecified atom stereocenters. The molecule has 35 heavy (non-hydrogen) atoms. The van der Waals surface area contributed by atoms with Gasteiger partial charge in [0, 0.05) is 12.4 Å². The van der Waals surface area contributed by atoms with Gasteiger partial charge < -0.3 is 9.84 Å². The maximum atomic E-state index is 13.0. The molecule has 0 spiro atoms. The molecular formula is C25H23N5O4S. The van der Waals surface area contributed by atoms with Crippen molar-refractivity contribution in [2.45, 2.75) is 6.92 Å². The molecule has 2 aromatic carbocycles. The van der Waals surface area contributed by atoms with Gasteiger partial charge in [-0.05, 0) is 30.2 Å². The fraction of sp³-hybridized carbons (Fsp3) is 0.120. The van der Waals surface area contributed by atoms with Gasteiger partial charge in [0.05, 0.1) is 17.6 Å². The van der Waals surface area contributed by atoms with Crippen LogP contribution in [0.2, 0.25) is 0 Å². The second-order valence-electron chi connectivity index (χ2n) is 7.45. The Balaban J connectivity index is 1.84. The zero-order valence-corrected chi connectivity index (χ0v) is 19.7. The number of rotatable bonds is 9. The smallest absolute Gasteiger partial charge is 0.256 e. The summed E-state index contributed by atoms with van der Waals surface area (Å²) in [6, 6.07) is 18.1. The van der Waals surface area contributed by atoms with Crippen LogP contribution in [-0.4, -0.2) is 46.7 Å². The number of aryl methyl sites for hydroxylation is 1.